The summed E-state index contributed by atoms with van der Waals surface area (Å²) in [7, 11) is 3.24. The van der Waals surface area contributed by atoms with Gasteiger partial charge in [-0.3, -0.25) is 9.80 Å². The number of hydrazine groups is 1. The number of carbonyl (C=O) groups is 1. The van der Waals surface area contributed by atoms with Crippen molar-refractivity contribution in [1.29, 1.82) is 0 Å². The maximum Gasteiger partial charge on any atom is 0.255 e. The molecule has 6 N–H and O–H groups in total. The van der Waals surface area contributed by atoms with Gasteiger partial charge in [0.05, 0.1) is 32.1 Å². The molecule has 3 aromatic carbocycles. The van der Waals surface area contributed by atoms with Gasteiger partial charge >= 0.3 is 0 Å². The first kappa shape index (κ1) is 27.7. The van der Waals surface area contributed by atoms with E-state index in [1.807, 2.05) is 42.5 Å². The second-order valence-electron chi connectivity index (χ2n) is 9.82. The molecular weight excluding hydrogens is 520 g/mol. The van der Waals surface area contributed by atoms with E-state index < -0.39 is 0 Å². The molecule has 1 saturated carbocycles. The summed E-state index contributed by atoms with van der Waals surface area (Å²) in [5.74, 6) is 9.50. The fraction of sp³-hybridized carbons (Fsp3) is 0.267. The highest BCUT2D eigenvalue weighted by molar-refractivity contribution is 6.05. The minimum Gasteiger partial charge on any atom is -0.493 e. The van der Waals surface area contributed by atoms with Crippen molar-refractivity contribution in [3.63, 3.8) is 0 Å². The molecule has 0 atom stereocenters. The molecule has 5 rings (SSSR count). The predicted octanol–water partition coefficient (Wildman–Crippen LogP) is 4.14. The van der Waals surface area contributed by atoms with Crippen LogP contribution in [-0.2, 0) is 13.0 Å². The molecule has 1 aliphatic carbocycles. The Morgan fingerprint density at radius 1 is 0.951 bits per heavy atom. The number of carbonyl (C=O) groups excluding carboxylic acids is 1. The quantitative estimate of drug-likeness (QED) is 0.114. The topological polar surface area (TPSA) is 154 Å². The first-order valence-electron chi connectivity index (χ1n) is 13.4. The van der Waals surface area contributed by atoms with E-state index in [0.717, 1.165) is 36.2 Å². The number of benzene rings is 3. The number of nitrogens with zero attached hydrogens (tertiary/aromatic N) is 4. The molecule has 1 amide bonds. The Balaban J connectivity index is 1.22. The zero-order valence-corrected chi connectivity index (χ0v) is 23.1. The molecule has 1 fully saturated rings. The van der Waals surface area contributed by atoms with Gasteiger partial charge in [0.2, 0.25) is 11.9 Å². The van der Waals surface area contributed by atoms with Gasteiger partial charge in [-0.25, -0.2) is 5.84 Å². The molecule has 1 aromatic heterocycles. The number of methoxy groups -OCH3 is 2. The molecule has 11 heteroatoms. The van der Waals surface area contributed by atoms with Gasteiger partial charge in [0, 0.05) is 18.0 Å². The zero-order chi connectivity index (χ0) is 28.8. The first-order valence-corrected chi connectivity index (χ1v) is 13.4. The van der Waals surface area contributed by atoms with Crippen LogP contribution >= 0.6 is 0 Å². The molecule has 4 aromatic rings. The summed E-state index contributed by atoms with van der Waals surface area (Å²) in [6, 6.07) is 20.2. The summed E-state index contributed by atoms with van der Waals surface area (Å²) in [4.78, 5) is 26.5. The minimum atomic E-state index is -0.241. The summed E-state index contributed by atoms with van der Waals surface area (Å²) in [5, 5.41) is 7.64. The van der Waals surface area contributed by atoms with Crippen molar-refractivity contribution in [3.05, 3.63) is 89.2 Å². The van der Waals surface area contributed by atoms with Crippen LogP contribution in [0.5, 0.6) is 11.5 Å². The number of amides is 1. The largest absolute Gasteiger partial charge is 0.493 e. The lowest BCUT2D eigenvalue weighted by molar-refractivity contribution is 0.102. The molecular formula is C30H34N8O3. The summed E-state index contributed by atoms with van der Waals surface area (Å²) in [6.07, 6.45) is 2.85. The lowest BCUT2D eigenvalue weighted by atomic mass is 10.1. The lowest BCUT2D eigenvalue weighted by Crippen LogP contribution is -2.32. The van der Waals surface area contributed by atoms with Gasteiger partial charge in [-0.1, -0.05) is 30.3 Å². The molecule has 11 nitrogen and oxygen atoms in total. The van der Waals surface area contributed by atoms with E-state index in [-0.39, 0.29) is 5.91 Å². The number of ether oxygens (including phenoxy) is 2. The van der Waals surface area contributed by atoms with Crippen molar-refractivity contribution in [1.82, 2.24) is 15.0 Å². The highest BCUT2D eigenvalue weighted by Gasteiger charge is 2.28. The van der Waals surface area contributed by atoms with Gasteiger partial charge in [0.1, 0.15) is 5.82 Å². The summed E-state index contributed by atoms with van der Waals surface area (Å²) in [6.45, 7) is 0.971. The zero-order valence-electron chi connectivity index (χ0n) is 23.1. The Morgan fingerprint density at radius 2 is 1.68 bits per heavy atom. The van der Waals surface area contributed by atoms with Crippen molar-refractivity contribution in [3.8, 4) is 11.5 Å². The monoisotopic (exact) mass is 554 g/mol. The van der Waals surface area contributed by atoms with Gasteiger partial charge in [-0.15, -0.1) is 0 Å². The molecule has 41 heavy (non-hydrogen) atoms. The summed E-state index contributed by atoms with van der Waals surface area (Å²) < 4.78 is 10.7. The molecule has 0 bridgehead atoms. The Labute approximate surface area is 238 Å². The predicted molar refractivity (Wildman–Crippen MR) is 159 cm³/mol. The molecule has 0 spiro atoms. The van der Waals surface area contributed by atoms with Crippen LogP contribution in [-0.4, -0.2) is 41.6 Å². The van der Waals surface area contributed by atoms with Crippen LogP contribution < -0.4 is 36.7 Å². The number of nitrogens with two attached hydrogens (primary N) is 2. The number of anilines is 4. The van der Waals surface area contributed by atoms with Gasteiger partial charge in [-0.05, 0) is 66.8 Å². The van der Waals surface area contributed by atoms with Crippen molar-refractivity contribution in [2.24, 2.45) is 5.84 Å². The van der Waals surface area contributed by atoms with Gasteiger partial charge in [0.15, 0.2) is 11.5 Å². The number of hydrogen-bond donors (Lipinski definition) is 4. The van der Waals surface area contributed by atoms with E-state index in [9.17, 15) is 4.79 Å². The van der Waals surface area contributed by atoms with E-state index in [2.05, 4.69) is 25.6 Å². The standard InChI is InChI=1S/C30H34N8O3/c1-40-25-14-9-19(17-26(25)41-2)15-16-33-29-35-27(21-12-13-21)36-30(37-29)38(32)18-20-7-10-22(11-8-20)28(39)34-24-6-4-3-5-23(24)31/h3-11,14,17,21H,12-13,15-16,18,31-32H2,1-2H3,(H,34,39)(H,33,35,36,37). The number of hydrogen-bond acceptors (Lipinski definition) is 10. The van der Waals surface area contributed by atoms with E-state index in [0.29, 0.717) is 59.3 Å². The second-order valence-corrected chi connectivity index (χ2v) is 9.82. The third-order valence-corrected chi connectivity index (χ3v) is 6.76. The molecule has 0 radical (unpaired) electrons. The van der Waals surface area contributed by atoms with Crippen molar-refractivity contribution in [2.45, 2.75) is 31.7 Å². The lowest BCUT2D eigenvalue weighted by Gasteiger charge is -2.18. The Hall–Kier alpha value is -4.90. The fourth-order valence-corrected chi connectivity index (χ4v) is 4.30. The van der Waals surface area contributed by atoms with Crippen LogP contribution in [0.4, 0.5) is 23.3 Å². The van der Waals surface area contributed by atoms with Crippen LogP contribution in [0, 0.1) is 0 Å². The first-order chi connectivity index (χ1) is 19.9. The van der Waals surface area contributed by atoms with Crippen molar-refractivity contribution < 1.29 is 14.3 Å². The third-order valence-electron chi connectivity index (χ3n) is 6.76. The average molecular weight is 555 g/mol. The number of para-hydroxylation sites is 2. The number of nitrogen functional groups attached to an aromatic ring is 1. The average Bonchev–Trinajstić information content (AvgIpc) is 3.84. The van der Waals surface area contributed by atoms with Crippen molar-refractivity contribution in [2.75, 3.05) is 42.1 Å². The van der Waals surface area contributed by atoms with E-state index in [1.165, 1.54) is 5.01 Å². The highest BCUT2D eigenvalue weighted by Crippen LogP contribution is 2.38. The minimum absolute atomic E-state index is 0.241. The maximum absolute atomic E-state index is 12.7. The van der Waals surface area contributed by atoms with Gasteiger partial charge in [0.25, 0.3) is 5.91 Å². The summed E-state index contributed by atoms with van der Waals surface area (Å²) in [5.41, 5.74) is 9.53. The fourth-order valence-electron chi connectivity index (χ4n) is 4.30. The summed E-state index contributed by atoms with van der Waals surface area (Å²) >= 11 is 0. The molecule has 0 saturated heterocycles. The van der Waals surface area contributed by atoms with E-state index in [4.69, 9.17) is 21.1 Å². The van der Waals surface area contributed by atoms with Crippen LogP contribution in [0.1, 0.15) is 46.1 Å². The van der Waals surface area contributed by atoms with Crippen LogP contribution in [0.15, 0.2) is 66.7 Å². The Morgan fingerprint density at radius 3 is 2.39 bits per heavy atom. The number of aromatic nitrogens is 3. The third kappa shape index (κ3) is 7.00. The maximum atomic E-state index is 12.7. The Bertz CT molecular complexity index is 1510. The highest BCUT2D eigenvalue weighted by atomic mass is 16.5. The SMILES string of the molecule is COc1ccc(CCNc2nc(C3CC3)nc(N(N)Cc3ccc(C(=O)Nc4ccccc4N)cc3)n2)cc1OC. The van der Waals surface area contributed by atoms with E-state index in [1.54, 1.807) is 38.5 Å². The van der Waals surface area contributed by atoms with Gasteiger partial charge in [-0.2, -0.15) is 15.0 Å². The van der Waals surface area contributed by atoms with Crippen LogP contribution in [0.2, 0.25) is 0 Å². The van der Waals surface area contributed by atoms with Crippen LogP contribution in [0.25, 0.3) is 0 Å². The van der Waals surface area contributed by atoms with E-state index >= 15 is 0 Å². The number of rotatable bonds is 12. The molecule has 0 unspecified atom stereocenters. The Kier molecular flexibility index (Phi) is 8.44. The second kappa shape index (κ2) is 12.5. The molecule has 212 valence electrons. The van der Waals surface area contributed by atoms with Gasteiger partial charge < -0.3 is 25.8 Å². The molecule has 1 heterocycles. The molecule has 1 aliphatic rings. The van der Waals surface area contributed by atoms with Crippen LogP contribution in [0.3, 0.4) is 0 Å². The van der Waals surface area contributed by atoms with Crippen molar-refractivity contribution >= 4 is 29.2 Å². The normalized spacial score (nSPS) is 12.5. The number of nitrogens with one attached hydrogen (secondary N) is 2. The molecule has 0 aliphatic heterocycles. The smallest absolute Gasteiger partial charge is 0.255 e.